The van der Waals surface area contributed by atoms with Gasteiger partial charge in [-0.1, -0.05) is 0 Å². The van der Waals surface area contributed by atoms with E-state index in [1.165, 1.54) is 12.1 Å². The third-order valence-corrected chi connectivity index (χ3v) is 6.30. The van der Waals surface area contributed by atoms with Crippen molar-refractivity contribution in [3.8, 4) is 5.75 Å². The van der Waals surface area contributed by atoms with E-state index in [0.717, 1.165) is 12.1 Å². The van der Waals surface area contributed by atoms with E-state index < -0.39 is 37.6 Å². The molecule has 1 rings (SSSR count). The second-order valence-corrected chi connectivity index (χ2v) is 9.56. The molecule has 0 saturated carbocycles. The van der Waals surface area contributed by atoms with Crippen molar-refractivity contribution in [3.05, 3.63) is 24.3 Å². The molecule has 2 unspecified atom stereocenters. The first kappa shape index (κ1) is 18.3. The minimum atomic E-state index is -4.82. The third-order valence-electron chi connectivity index (χ3n) is 2.06. The highest BCUT2D eigenvalue weighted by molar-refractivity contribution is 7.91. The highest BCUT2D eigenvalue weighted by Crippen LogP contribution is 2.57. The van der Waals surface area contributed by atoms with Gasteiger partial charge in [0.25, 0.3) is 0 Å². The summed E-state index contributed by atoms with van der Waals surface area (Å²) in [5.41, 5.74) is 0. The van der Waals surface area contributed by atoms with Crippen molar-refractivity contribution in [2.75, 3.05) is 19.0 Å². The summed E-state index contributed by atoms with van der Waals surface area (Å²) in [4.78, 5) is 17.8. The van der Waals surface area contributed by atoms with Gasteiger partial charge >= 0.3 is 15.4 Å². The lowest BCUT2D eigenvalue weighted by molar-refractivity contribution is 0.206. The van der Waals surface area contributed by atoms with Gasteiger partial charge in [0.15, 0.2) is 9.84 Å². The summed E-state index contributed by atoms with van der Waals surface area (Å²) in [5.74, 6) is -0.759. The maximum Gasteiger partial charge on any atom is 0.479 e. The van der Waals surface area contributed by atoms with E-state index in [2.05, 4.69) is 8.83 Å². The number of sulfone groups is 1. The summed E-state index contributed by atoms with van der Waals surface area (Å²) >= 11 is 0. The van der Waals surface area contributed by atoms with Gasteiger partial charge in [0, 0.05) is 6.66 Å². The molecule has 0 amide bonds. The Morgan fingerprint density at radius 2 is 1.67 bits per heavy atom. The van der Waals surface area contributed by atoms with Crippen LogP contribution in [-0.4, -0.2) is 42.3 Å². The van der Waals surface area contributed by atoms with Crippen molar-refractivity contribution in [3.63, 3.8) is 0 Å². The largest absolute Gasteiger partial charge is 0.508 e. The van der Waals surface area contributed by atoms with E-state index in [4.69, 9.17) is 14.9 Å². The van der Waals surface area contributed by atoms with Gasteiger partial charge in [-0.25, -0.2) is 17.3 Å². The molecule has 12 heteroatoms. The molecule has 1 aromatic rings. The Balaban J connectivity index is 2.65. The predicted octanol–water partition coefficient (Wildman–Crippen LogP) is 1.11. The maximum absolute atomic E-state index is 11.8. The van der Waals surface area contributed by atoms with Gasteiger partial charge in [-0.3, -0.25) is 9.09 Å². The molecule has 0 aromatic heterocycles. The van der Waals surface area contributed by atoms with Crippen molar-refractivity contribution in [1.82, 2.24) is 0 Å². The van der Waals surface area contributed by atoms with Crippen molar-refractivity contribution in [2.45, 2.75) is 4.90 Å². The van der Waals surface area contributed by atoms with Crippen LogP contribution in [0.2, 0.25) is 0 Å². The first-order valence-corrected chi connectivity index (χ1v) is 10.6. The van der Waals surface area contributed by atoms with Crippen LogP contribution in [0.4, 0.5) is 0 Å². The molecule has 0 radical (unpaired) electrons. The number of rotatable bonds is 7. The number of hydrogen-bond donors (Lipinski definition) is 3. The van der Waals surface area contributed by atoms with E-state index in [0.29, 0.717) is 6.66 Å². The lowest BCUT2D eigenvalue weighted by Gasteiger charge is -2.13. The van der Waals surface area contributed by atoms with Crippen LogP contribution < -0.4 is 0 Å². The van der Waals surface area contributed by atoms with E-state index in [1.807, 2.05) is 0 Å². The van der Waals surface area contributed by atoms with Gasteiger partial charge in [0.05, 0.1) is 17.3 Å². The molecule has 0 saturated heterocycles. The molecule has 0 aliphatic carbocycles. The van der Waals surface area contributed by atoms with E-state index in [-0.39, 0.29) is 10.6 Å². The molecule has 0 spiro atoms. The van der Waals surface area contributed by atoms with Gasteiger partial charge in [-0.15, -0.1) is 0 Å². The molecule has 21 heavy (non-hydrogen) atoms. The van der Waals surface area contributed by atoms with Gasteiger partial charge in [0.2, 0.25) is 0 Å². The van der Waals surface area contributed by atoms with Crippen molar-refractivity contribution >= 4 is 25.3 Å². The summed E-state index contributed by atoms with van der Waals surface area (Å²) in [5, 5.41) is 9.06. The molecule has 2 atom stereocenters. The fourth-order valence-corrected chi connectivity index (χ4v) is 4.50. The number of phenols is 1. The molecule has 9 nitrogen and oxygen atoms in total. The Morgan fingerprint density at radius 1 is 1.14 bits per heavy atom. The molecule has 0 aliphatic heterocycles. The summed E-state index contributed by atoms with van der Waals surface area (Å²) < 4.78 is 54.0. The van der Waals surface area contributed by atoms with Crippen LogP contribution in [0.1, 0.15) is 0 Å². The Morgan fingerprint density at radius 3 is 2.14 bits per heavy atom. The zero-order chi connectivity index (χ0) is 16.3. The molecule has 0 bridgehead atoms. The van der Waals surface area contributed by atoms with Crippen LogP contribution in [0.25, 0.3) is 0 Å². The summed E-state index contributed by atoms with van der Waals surface area (Å²) in [6, 6.07) is 4.67. The number of phenolic OH excluding ortho intramolecular Hbond substituents is 1. The lowest BCUT2D eigenvalue weighted by atomic mass is 10.3. The summed E-state index contributed by atoms with van der Waals surface area (Å²) in [6.45, 7) is -0.0244. The molecule has 120 valence electrons. The van der Waals surface area contributed by atoms with Gasteiger partial charge < -0.3 is 14.9 Å². The predicted molar refractivity (Wildman–Crippen MR) is 72.8 cm³/mol. The Kier molecular flexibility index (Phi) is 5.74. The number of aromatic hydroxyl groups is 1. The first-order valence-electron chi connectivity index (χ1n) is 5.42. The topological polar surface area (TPSA) is 147 Å². The second kappa shape index (κ2) is 6.58. The van der Waals surface area contributed by atoms with Gasteiger partial charge in [-0.05, 0) is 24.3 Å². The molecular weight excluding hydrogens is 346 g/mol. The lowest BCUT2D eigenvalue weighted by Crippen LogP contribution is -2.12. The minimum absolute atomic E-state index is 0.110. The third kappa shape index (κ3) is 6.71. The quantitative estimate of drug-likeness (QED) is 0.608. The standard InChI is InChI=1S/C9H14O9P2S/c1-19(11,12)18-20(13,14)17-6-7-21(15,16)9-4-2-8(10)3-5-9/h2-5,10H,6-7H2,1H3,(H,11,12)(H,13,14). The van der Waals surface area contributed by atoms with Crippen molar-refractivity contribution in [1.29, 1.82) is 0 Å². The van der Waals surface area contributed by atoms with E-state index >= 15 is 0 Å². The van der Waals surface area contributed by atoms with Gasteiger partial charge in [-0.2, -0.15) is 0 Å². The molecule has 0 heterocycles. The molecule has 0 fully saturated rings. The number of benzene rings is 1. The normalized spacial score (nSPS) is 17.9. The minimum Gasteiger partial charge on any atom is -0.508 e. The smallest absolute Gasteiger partial charge is 0.479 e. The van der Waals surface area contributed by atoms with Crippen LogP contribution in [0, 0.1) is 0 Å². The van der Waals surface area contributed by atoms with Crippen LogP contribution in [0.15, 0.2) is 29.2 Å². The summed E-state index contributed by atoms with van der Waals surface area (Å²) in [6.07, 6.45) is 0. The highest BCUT2D eigenvalue weighted by Gasteiger charge is 2.30. The van der Waals surface area contributed by atoms with Crippen LogP contribution in [0.5, 0.6) is 5.75 Å². The monoisotopic (exact) mass is 360 g/mol. The van der Waals surface area contributed by atoms with Crippen LogP contribution in [0.3, 0.4) is 0 Å². The SMILES string of the molecule is CP(=O)(O)OP(=O)(O)OCCS(=O)(=O)c1ccc(O)cc1. The zero-order valence-electron chi connectivity index (χ0n) is 10.8. The fraction of sp³-hybridized carbons (Fsp3) is 0.333. The molecule has 3 N–H and O–H groups in total. The molecule has 0 aliphatic rings. The molecule has 1 aromatic carbocycles. The van der Waals surface area contributed by atoms with Crippen LogP contribution in [-0.2, 0) is 27.8 Å². The van der Waals surface area contributed by atoms with Crippen molar-refractivity contribution in [2.24, 2.45) is 0 Å². The molecular formula is C9H14O9P2S. The highest BCUT2D eigenvalue weighted by atomic mass is 32.2. The van der Waals surface area contributed by atoms with Crippen LogP contribution >= 0.6 is 15.4 Å². The number of phosphoric ester groups is 1. The second-order valence-electron chi connectivity index (χ2n) is 4.00. The van der Waals surface area contributed by atoms with Gasteiger partial charge in [0.1, 0.15) is 5.75 Å². The average molecular weight is 360 g/mol. The summed E-state index contributed by atoms with van der Waals surface area (Å²) in [7, 11) is -12.9. The Hall–Kier alpha value is -0.730. The maximum atomic E-state index is 11.8. The van der Waals surface area contributed by atoms with E-state index in [1.54, 1.807) is 0 Å². The zero-order valence-corrected chi connectivity index (χ0v) is 13.4. The Labute approximate surface area is 121 Å². The number of phosphoric acid groups is 1. The average Bonchev–Trinajstić information content (AvgIpc) is 2.25. The van der Waals surface area contributed by atoms with Crippen molar-refractivity contribution < 1.29 is 41.3 Å². The fourth-order valence-electron chi connectivity index (χ4n) is 1.25. The number of hydrogen-bond acceptors (Lipinski definition) is 7. The first-order chi connectivity index (χ1) is 9.41. The Bertz CT molecular complexity index is 676. The van der Waals surface area contributed by atoms with E-state index in [9.17, 15) is 17.5 Å².